The van der Waals surface area contributed by atoms with Gasteiger partial charge in [-0.3, -0.25) is 0 Å². The Morgan fingerprint density at radius 2 is 2.21 bits per heavy atom. The van der Waals surface area contributed by atoms with Crippen LogP contribution in [0.2, 0.25) is 0 Å². The fourth-order valence-electron chi connectivity index (χ4n) is 3.06. The van der Waals surface area contributed by atoms with Gasteiger partial charge in [-0.1, -0.05) is 6.07 Å². The molecule has 8 heteroatoms. The lowest BCUT2D eigenvalue weighted by molar-refractivity contribution is 0.353. The van der Waals surface area contributed by atoms with Crippen LogP contribution in [0, 0.1) is 5.82 Å². The van der Waals surface area contributed by atoms with Crippen LogP contribution >= 0.6 is 0 Å². The second-order valence-electron chi connectivity index (χ2n) is 5.82. The molecule has 0 spiro atoms. The molecule has 1 aromatic heterocycles. The monoisotopic (exact) mass is 353 g/mol. The van der Waals surface area contributed by atoms with Crippen molar-refractivity contribution in [1.29, 1.82) is 0 Å². The van der Waals surface area contributed by atoms with Gasteiger partial charge in [-0.05, 0) is 32.0 Å². The SMILES string of the molecule is COc1ncc(F)c2c(S(=O)(=O)N3CCCNCC3C)cccc12. The summed E-state index contributed by atoms with van der Waals surface area (Å²) < 4.78 is 47.4. The van der Waals surface area contributed by atoms with E-state index in [0.717, 1.165) is 12.7 Å². The molecule has 1 N–H and O–H groups in total. The van der Waals surface area contributed by atoms with Crippen LogP contribution in [0.15, 0.2) is 29.3 Å². The number of sulfonamides is 1. The topological polar surface area (TPSA) is 71.5 Å². The number of halogens is 1. The first-order valence-electron chi connectivity index (χ1n) is 7.80. The number of nitrogens with one attached hydrogen (secondary N) is 1. The zero-order chi connectivity index (χ0) is 17.3. The highest BCUT2D eigenvalue weighted by atomic mass is 32.2. The van der Waals surface area contributed by atoms with Crippen LogP contribution in [0.1, 0.15) is 13.3 Å². The normalized spacial score (nSPS) is 20.0. The molecule has 24 heavy (non-hydrogen) atoms. The second kappa shape index (κ2) is 6.62. The zero-order valence-corrected chi connectivity index (χ0v) is 14.4. The van der Waals surface area contributed by atoms with Crippen LogP contribution in [0.25, 0.3) is 10.8 Å². The third-order valence-electron chi connectivity index (χ3n) is 4.23. The third-order valence-corrected chi connectivity index (χ3v) is 6.29. The highest BCUT2D eigenvalue weighted by Gasteiger charge is 2.32. The Hall–Kier alpha value is -1.77. The van der Waals surface area contributed by atoms with Crippen LogP contribution < -0.4 is 10.1 Å². The molecular weight excluding hydrogens is 333 g/mol. The van der Waals surface area contributed by atoms with E-state index in [1.54, 1.807) is 12.1 Å². The largest absolute Gasteiger partial charge is 0.481 e. The van der Waals surface area contributed by atoms with Gasteiger partial charge in [0.15, 0.2) is 5.82 Å². The number of rotatable bonds is 3. The first-order valence-corrected chi connectivity index (χ1v) is 9.24. The molecule has 1 saturated heterocycles. The maximum Gasteiger partial charge on any atom is 0.244 e. The molecule has 130 valence electrons. The average Bonchev–Trinajstić information content (AvgIpc) is 2.79. The molecule has 3 rings (SSSR count). The number of benzene rings is 1. The molecular formula is C16H20FN3O3S. The van der Waals surface area contributed by atoms with Crippen molar-refractivity contribution < 1.29 is 17.5 Å². The summed E-state index contributed by atoms with van der Waals surface area (Å²) in [4.78, 5) is 3.83. The predicted octanol–water partition coefficient (Wildman–Crippen LogP) is 1.75. The smallest absolute Gasteiger partial charge is 0.244 e. The average molecular weight is 353 g/mol. The Kier molecular flexibility index (Phi) is 4.71. The molecule has 1 aromatic carbocycles. The van der Waals surface area contributed by atoms with Crippen molar-refractivity contribution in [2.45, 2.75) is 24.3 Å². The van der Waals surface area contributed by atoms with E-state index < -0.39 is 15.8 Å². The number of methoxy groups -OCH3 is 1. The van der Waals surface area contributed by atoms with Crippen molar-refractivity contribution >= 4 is 20.8 Å². The molecule has 1 aliphatic heterocycles. The van der Waals surface area contributed by atoms with Crippen LogP contribution in [0.3, 0.4) is 0 Å². The van der Waals surface area contributed by atoms with Gasteiger partial charge >= 0.3 is 0 Å². The van der Waals surface area contributed by atoms with Gasteiger partial charge in [0.1, 0.15) is 0 Å². The number of hydrogen-bond donors (Lipinski definition) is 1. The fourth-order valence-corrected chi connectivity index (χ4v) is 4.95. The standard InChI is InChI=1S/C16H20FN3O3S/c1-11-9-18-7-4-8-20(11)24(21,22)14-6-3-5-12-15(14)13(17)10-19-16(12)23-2/h3,5-6,10-11,18H,4,7-9H2,1-2H3. The van der Waals surface area contributed by atoms with Gasteiger partial charge in [-0.15, -0.1) is 0 Å². The summed E-state index contributed by atoms with van der Waals surface area (Å²) >= 11 is 0. The van der Waals surface area contributed by atoms with E-state index >= 15 is 0 Å². The van der Waals surface area contributed by atoms with Gasteiger partial charge in [-0.25, -0.2) is 17.8 Å². The van der Waals surface area contributed by atoms with Crippen molar-refractivity contribution in [2.24, 2.45) is 0 Å². The van der Waals surface area contributed by atoms with Crippen molar-refractivity contribution in [3.8, 4) is 5.88 Å². The molecule has 0 radical (unpaired) electrons. The first kappa shape index (κ1) is 17.1. The molecule has 0 bridgehead atoms. The first-order chi connectivity index (χ1) is 11.5. The summed E-state index contributed by atoms with van der Waals surface area (Å²) in [6.45, 7) is 3.57. The molecule has 2 aromatic rings. The van der Waals surface area contributed by atoms with E-state index in [1.165, 1.54) is 17.5 Å². The van der Waals surface area contributed by atoms with Gasteiger partial charge in [0, 0.05) is 29.9 Å². The number of hydrogen-bond acceptors (Lipinski definition) is 5. The molecule has 0 amide bonds. The van der Waals surface area contributed by atoms with E-state index in [-0.39, 0.29) is 22.2 Å². The van der Waals surface area contributed by atoms with Crippen molar-refractivity contribution in [3.63, 3.8) is 0 Å². The minimum absolute atomic E-state index is 0.0220. The lowest BCUT2D eigenvalue weighted by Crippen LogP contribution is -2.41. The van der Waals surface area contributed by atoms with E-state index in [9.17, 15) is 12.8 Å². The van der Waals surface area contributed by atoms with Crippen molar-refractivity contribution in [3.05, 3.63) is 30.2 Å². The summed E-state index contributed by atoms with van der Waals surface area (Å²) in [5, 5.41) is 3.58. The molecule has 0 aliphatic carbocycles. The van der Waals surface area contributed by atoms with E-state index in [0.29, 0.717) is 24.9 Å². The Morgan fingerprint density at radius 3 is 2.96 bits per heavy atom. The van der Waals surface area contributed by atoms with Crippen LogP contribution in [-0.2, 0) is 10.0 Å². The third kappa shape index (κ3) is 2.85. The fraction of sp³-hybridized carbons (Fsp3) is 0.438. The molecule has 1 atom stereocenters. The second-order valence-corrected chi connectivity index (χ2v) is 7.68. The molecule has 1 aliphatic rings. The lowest BCUT2D eigenvalue weighted by Gasteiger charge is -2.26. The number of nitrogens with zero attached hydrogens (tertiary/aromatic N) is 2. The molecule has 2 heterocycles. The molecule has 1 fully saturated rings. The van der Waals surface area contributed by atoms with Crippen molar-refractivity contribution in [1.82, 2.24) is 14.6 Å². The van der Waals surface area contributed by atoms with Gasteiger partial charge in [0.2, 0.25) is 15.9 Å². The Bertz CT molecular complexity index is 857. The minimum Gasteiger partial charge on any atom is -0.481 e. The summed E-state index contributed by atoms with van der Waals surface area (Å²) in [7, 11) is -2.42. The number of fused-ring (bicyclic) bond motifs is 1. The van der Waals surface area contributed by atoms with Gasteiger partial charge in [0.05, 0.1) is 18.2 Å². The van der Waals surface area contributed by atoms with Gasteiger partial charge < -0.3 is 10.1 Å². The number of ether oxygens (including phenoxy) is 1. The summed E-state index contributed by atoms with van der Waals surface area (Å²) in [6.07, 6.45) is 1.70. The Labute approximate surface area is 140 Å². The highest BCUT2D eigenvalue weighted by molar-refractivity contribution is 7.89. The Morgan fingerprint density at radius 1 is 1.42 bits per heavy atom. The van der Waals surface area contributed by atoms with Crippen LogP contribution in [-0.4, -0.2) is 50.5 Å². The van der Waals surface area contributed by atoms with E-state index in [2.05, 4.69) is 10.3 Å². The quantitative estimate of drug-likeness (QED) is 0.910. The highest BCUT2D eigenvalue weighted by Crippen LogP contribution is 2.32. The van der Waals surface area contributed by atoms with Crippen molar-refractivity contribution in [2.75, 3.05) is 26.7 Å². The summed E-state index contributed by atoms with van der Waals surface area (Å²) in [5.74, 6) is -0.473. The van der Waals surface area contributed by atoms with Gasteiger partial charge in [-0.2, -0.15) is 4.31 Å². The maximum absolute atomic E-state index is 14.4. The molecule has 6 nitrogen and oxygen atoms in total. The van der Waals surface area contributed by atoms with E-state index in [4.69, 9.17) is 4.74 Å². The summed E-state index contributed by atoms with van der Waals surface area (Å²) in [6, 6.07) is 4.42. The Balaban J connectivity index is 2.21. The molecule has 0 saturated carbocycles. The molecule has 1 unspecified atom stereocenters. The number of aromatic nitrogens is 1. The lowest BCUT2D eigenvalue weighted by atomic mass is 10.1. The van der Waals surface area contributed by atoms with Gasteiger partial charge in [0.25, 0.3) is 0 Å². The zero-order valence-electron chi connectivity index (χ0n) is 13.6. The maximum atomic E-state index is 14.4. The number of pyridine rings is 1. The van der Waals surface area contributed by atoms with Crippen LogP contribution in [0.4, 0.5) is 4.39 Å². The predicted molar refractivity (Wildman–Crippen MR) is 89.1 cm³/mol. The minimum atomic E-state index is -3.84. The summed E-state index contributed by atoms with van der Waals surface area (Å²) in [5.41, 5.74) is 0. The van der Waals surface area contributed by atoms with E-state index in [1.807, 2.05) is 6.92 Å². The van der Waals surface area contributed by atoms with Crippen LogP contribution in [0.5, 0.6) is 5.88 Å².